The number of hydrogen-bond acceptors (Lipinski definition) is 6. The van der Waals surface area contributed by atoms with Gasteiger partial charge in [-0.05, 0) is 51.4 Å². The van der Waals surface area contributed by atoms with E-state index in [9.17, 15) is 14.2 Å². The number of carbonyl (C=O) groups excluding carboxylic acids is 2. The van der Waals surface area contributed by atoms with E-state index in [1.807, 2.05) is 12.2 Å². The summed E-state index contributed by atoms with van der Waals surface area (Å²) in [6.07, 6.45) is 43.5. The van der Waals surface area contributed by atoms with Crippen molar-refractivity contribution >= 4 is 19.8 Å². The van der Waals surface area contributed by atoms with Crippen LogP contribution < -0.4 is 0 Å². The molecular weight excluding hydrogens is 627 g/mol. The molecule has 0 amide bonds. The first-order valence-corrected chi connectivity index (χ1v) is 19.8. The van der Waals surface area contributed by atoms with Gasteiger partial charge in [0.1, 0.15) is 6.61 Å². The minimum absolute atomic E-state index is 0.0846. The molecule has 0 radical (unpaired) electrons. The molecule has 1 atom stereocenters. The van der Waals surface area contributed by atoms with E-state index < -0.39 is 32.5 Å². The summed E-state index contributed by atoms with van der Waals surface area (Å²) >= 11 is 0. The van der Waals surface area contributed by atoms with Gasteiger partial charge in [-0.1, -0.05) is 151 Å². The smallest absolute Gasteiger partial charge is 0.462 e. The topological polar surface area (TPSA) is 119 Å². The zero-order chi connectivity index (χ0) is 35.4. The molecule has 0 heterocycles. The largest absolute Gasteiger partial charge is 0.469 e. The number of allylic oxidation sites excluding steroid dienone is 12. The predicted molar refractivity (Wildman–Crippen MR) is 197 cm³/mol. The lowest BCUT2D eigenvalue weighted by Crippen LogP contribution is -2.29. The van der Waals surface area contributed by atoms with E-state index in [0.29, 0.717) is 12.8 Å². The van der Waals surface area contributed by atoms with Crippen LogP contribution in [0.1, 0.15) is 142 Å². The zero-order valence-electron chi connectivity index (χ0n) is 29.9. The van der Waals surface area contributed by atoms with E-state index in [1.54, 1.807) is 0 Å². The van der Waals surface area contributed by atoms with Crippen LogP contribution in [0.5, 0.6) is 0 Å². The Kier molecular flexibility index (Phi) is 32.6. The lowest BCUT2D eigenvalue weighted by Gasteiger charge is -2.18. The minimum atomic E-state index is -4.77. The minimum Gasteiger partial charge on any atom is -0.462 e. The zero-order valence-corrected chi connectivity index (χ0v) is 30.7. The molecule has 0 aromatic heterocycles. The molecule has 0 spiro atoms. The van der Waals surface area contributed by atoms with Crippen LogP contribution in [0.4, 0.5) is 0 Å². The summed E-state index contributed by atoms with van der Waals surface area (Å²) in [7, 11) is -4.77. The molecule has 0 aliphatic carbocycles. The monoisotopic (exact) mass is 692 g/mol. The summed E-state index contributed by atoms with van der Waals surface area (Å²) in [5.41, 5.74) is 0. The summed E-state index contributed by atoms with van der Waals surface area (Å²) in [6, 6.07) is 0. The molecule has 0 fully saturated rings. The lowest BCUT2D eigenvalue weighted by atomic mass is 10.1. The Balaban J connectivity index is 4.14. The molecule has 2 N–H and O–H groups in total. The highest BCUT2D eigenvalue weighted by Gasteiger charge is 2.22. The molecule has 0 aromatic carbocycles. The summed E-state index contributed by atoms with van der Waals surface area (Å²) in [5.74, 6) is -0.989. The van der Waals surface area contributed by atoms with Crippen molar-refractivity contribution < 1.29 is 37.9 Å². The molecule has 0 saturated carbocycles. The summed E-state index contributed by atoms with van der Waals surface area (Å²) in [5, 5.41) is 0. The third-order valence-electron chi connectivity index (χ3n) is 7.25. The number of ether oxygens (including phenoxy) is 2. The van der Waals surface area contributed by atoms with E-state index in [0.717, 1.165) is 51.4 Å². The maximum atomic E-state index is 12.3. The van der Waals surface area contributed by atoms with Crippen LogP contribution in [0.25, 0.3) is 0 Å². The molecule has 48 heavy (non-hydrogen) atoms. The quantitative estimate of drug-likeness (QED) is 0.0309. The highest BCUT2D eigenvalue weighted by molar-refractivity contribution is 7.46. The fourth-order valence-electron chi connectivity index (χ4n) is 4.57. The highest BCUT2D eigenvalue weighted by atomic mass is 31.2. The molecule has 0 bridgehead atoms. The highest BCUT2D eigenvalue weighted by Crippen LogP contribution is 2.35. The Bertz CT molecular complexity index is 1010. The van der Waals surface area contributed by atoms with Crippen molar-refractivity contribution in [3.8, 4) is 0 Å². The molecule has 0 aliphatic heterocycles. The lowest BCUT2D eigenvalue weighted by molar-refractivity contribution is -0.161. The van der Waals surface area contributed by atoms with E-state index in [4.69, 9.17) is 19.3 Å². The van der Waals surface area contributed by atoms with Gasteiger partial charge in [-0.25, -0.2) is 4.57 Å². The van der Waals surface area contributed by atoms with Crippen LogP contribution in [-0.4, -0.2) is 41.0 Å². The second kappa shape index (κ2) is 34.4. The van der Waals surface area contributed by atoms with Gasteiger partial charge in [-0.15, -0.1) is 0 Å². The Morgan fingerprint density at radius 2 is 1.00 bits per heavy atom. The van der Waals surface area contributed by atoms with Gasteiger partial charge < -0.3 is 19.3 Å². The molecule has 0 aromatic rings. The molecular formula is C39H65O8P. The van der Waals surface area contributed by atoms with E-state index in [-0.39, 0.29) is 19.4 Å². The number of carbonyl (C=O) groups is 2. The number of unbranched alkanes of at least 4 members (excludes halogenated alkanes) is 10. The van der Waals surface area contributed by atoms with Crippen LogP contribution in [0.3, 0.4) is 0 Å². The van der Waals surface area contributed by atoms with Gasteiger partial charge in [-0.2, -0.15) is 0 Å². The van der Waals surface area contributed by atoms with Gasteiger partial charge >= 0.3 is 19.8 Å². The third kappa shape index (κ3) is 36.3. The van der Waals surface area contributed by atoms with Crippen LogP contribution in [0.15, 0.2) is 72.9 Å². The molecule has 0 aliphatic rings. The van der Waals surface area contributed by atoms with Gasteiger partial charge in [-0.3, -0.25) is 14.1 Å². The van der Waals surface area contributed by atoms with E-state index in [2.05, 4.69) is 79.1 Å². The Labute approximate surface area is 291 Å². The maximum Gasteiger partial charge on any atom is 0.469 e. The molecule has 274 valence electrons. The van der Waals surface area contributed by atoms with Crippen molar-refractivity contribution in [1.29, 1.82) is 0 Å². The molecule has 0 saturated heterocycles. The summed E-state index contributed by atoms with van der Waals surface area (Å²) in [4.78, 5) is 42.6. The van der Waals surface area contributed by atoms with Crippen molar-refractivity contribution in [2.75, 3.05) is 13.2 Å². The SMILES string of the molecule is CC/C=C\C/C=C\C/C=C\C/C=C\C/C=C\C/C=C\CCC(=O)O[C@H](COC(=O)CCCCCCCCCCCCC)COP(=O)(O)O. The van der Waals surface area contributed by atoms with Gasteiger partial charge in [0, 0.05) is 12.8 Å². The van der Waals surface area contributed by atoms with Gasteiger partial charge in [0.2, 0.25) is 0 Å². The second-order valence-electron chi connectivity index (χ2n) is 11.8. The number of phosphoric ester groups is 1. The van der Waals surface area contributed by atoms with Crippen molar-refractivity contribution in [2.45, 2.75) is 148 Å². The van der Waals surface area contributed by atoms with E-state index in [1.165, 1.54) is 51.4 Å². The first-order chi connectivity index (χ1) is 23.3. The van der Waals surface area contributed by atoms with Gasteiger partial charge in [0.15, 0.2) is 6.10 Å². The predicted octanol–water partition coefficient (Wildman–Crippen LogP) is 10.7. The Hall–Kier alpha value is -2.51. The standard InChI is InChI=1S/C39H65O8P/c1-3-5-7-9-11-13-15-16-17-18-19-20-21-22-24-26-28-30-32-34-39(41)47-37(36-46-48(42,43)44)35-45-38(40)33-31-29-27-25-23-14-12-10-8-6-4-2/h5,7,11,13,16-17,19-20,22,24,28,30,37H,3-4,6,8-10,12,14-15,18,21,23,25-27,29,31-36H2,1-2H3,(H2,42,43,44)/b7-5-,13-11-,17-16-,20-19-,24-22-,30-28-/t37-/m1/s1. The van der Waals surface area contributed by atoms with Crippen molar-refractivity contribution in [1.82, 2.24) is 0 Å². The van der Waals surface area contributed by atoms with Crippen LogP contribution in [-0.2, 0) is 28.2 Å². The average Bonchev–Trinajstić information content (AvgIpc) is 3.05. The summed E-state index contributed by atoms with van der Waals surface area (Å²) < 4.78 is 26.2. The average molecular weight is 693 g/mol. The first kappa shape index (κ1) is 45.5. The molecule has 9 heteroatoms. The van der Waals surface area contributed by atoms with Crippen LogP contribution >= 0.6 is 7.82 Å². The van der Waals surface area contributed by atoms with Crippen molar-refractivity contribution in [2.24, 2.45) is 0 Å². The van der Waals surface area contributed by atoms with Gasteiger partial charge in [0.05, 0.1) is 6.61 Å². The Morgan fingerprint density at radius 1 is 0.562 bits per heavy atom. The maximum absolute atomic E-state index is 12.3. The number of esters is 2. The number of hydrogen-bond donors (Lipinski definition) is 2. The molecule has 8 nitrogen and oxygen atoms in total. The summed E-state index contributed by atoms with van der Waals surface area (Å²) in [6.45, 7) is 3.47. The van der Waals surface area contributed by atoms with Crippen molar-refractivity contribution in [3.05, 3.63) is 72.9 Å². The van der Waals surface area contributed by atoms with Crippen LogP contribution in [0.2, 0.25) is 0 Å². The Morgan fingerprint density at radius 3 is 1.46 bits per heavy atom. The normalized spacial score (nSPS) is 13.3. The fraction of sp³-hybridized carbons (Fsp3) is 0.641. The second-order valence-corrected chi connectivity index (χ2v) is 13.1. The molecule has 0 rings (SSSR count). The van der Waals surface area contributed by atoms with Gasteiger partial charge in [0.25, 0.3) is 0 Å². The fourth-order valence-corrected chi connectivity index (χ4v) is 4.93. The number of phosphoric acid groups is 1. The van der Waals surface area contributed by atoms with Crippen LogP contribution in [0, 0.1) is 0 Å². The third-order valence-corrected chi connectivity index (χ3v) is 7.74. The first-order valence-electron chi connectivity index (χ1n) is 18.2. The molecule has 0 unspecified atom stereocenters. The van der Waals surface area contributed by atoms with E-state index >= 15 is 0 Å². The number of rotatable bonds is 32. The van der Waals surface area contributed by atoms with Crippen molar-refractivity contribution in [3.63, 3.8) is 0 Å².